The number of hydrogen-bond acceptors (Lipinski definition) is 3. The van der Waals surface area contributed by atoms with Crippen molar-refractivity contribution < 1.29 is 8.78 Å². The van der Waals surface area contributed by atoms with Gasteiger partial charge in [0.1, 0.15) is 11.6 Å². The van der Waals surface area contributed by atoms with E-state index in [2.05, 4.69) is 9.97 Å². The number of pyridine rings is 2. The number of rotatable bonds is 3. The molecule has 0 unspecified atom stereocenters. The van der Waals surface area contributed by atoms with E-state index in [0.29, 0.717) is 16.7 Å². The van der Waals surface area contributed by atoms with Gasteiger partial charge < -0.3 is 0 Å². The van der Waals surface area contributed by atoms with Gasteiger partial charge in [-0.25, -0.2) is 18.6 Å². The highest BCUT2D eigenvalue weighted by molar-refractivity contribution is 5.79. The van der Waals surface area contributed by atoms with E-state index in [1.807, 2.05) is 12.1 Å². The van der Waals surface area contributed by atoms with Crippen LogP contribution in [-0.2, 0) is 13.6 Å². The summed E-state index contributed by atoms with van der Waals surface area (Å²) in [5.74, 6) is -1.23. The zero-order chi connectivity index (χ0) is 19.1. The second-order valence-corrected chi connectivity index (χ2v) is 6.35. The van der Waals surface area contributed by atoms with Gasteiger partial charge in [-0.15, -0.1) is 0 Å². The number of aryl methyl sites for hydroxylation is 1. The molecule has 5 nitrogen and oxygen atoms in total. The molecule has 0 aliphatic heterocycles. The number of benzene rings is 1. The highest BCUT2D eigenvalue weighted by Gasteiger charge is 2.16. The predicted octanol–water partition coefficient (Wildman–Crippen LogP) is 3.43. The van der Waals surface area contributed by atoms with E-state index < -0.39 is 11.6 Å². The molecule has 4 rings (SSSR count). The summed E-state index contributed by atoms with van der Waals surface area (Å²) in [4.78, 5) is 21.2. The van der Waals surface area contributed by atoms with Gasteiger partial charge in [-0.1, -0.05) is 6.07 Å². The van der Waals surface area contributed by atoms with Crippen molar-refractivity contribution in [1.82, 2.24) is 19.1 Å². The minimum absolute atomic E-state index is 0.0495. The van der Waals surface area contributed by atoms with Crippen molar-refractivity contribution in [2.45, 2.75) is 13.5 Å². The topological polar surface area (TPSA) is 52.7 Å². The summed E-state index contributed by atoms with van der Waals surface area (Å²) in [6, 6.07) is 9.77. The molecular weight excluding hydrogens is 350 g/mol. The molecule has 3 heterocycles. The van der Waals surface area contributed by atoms with Crippen LogP contribution in [0.3, 0.4) is 0 Å². The number of imidazole rings is 1. The van der Waals surface area contributed by atoms with E-state index in [-0.39, 0.29) is 23.4 Å². The quantitative estimate of drug-likeness (QED) is 0.558. The standard InChI is InChI=1S/C20H16F2N4O/c1-12-16(21)7-6-15(18(12)22)13-9-17-19(24-10-13)25(2)20(27)26(17)11-14-5-3-4-8-23-14/h3-10H,11H2,1-2H3. The minimum atomic E-state index is -0.634. The Morgan fingerprint density at radius 2 is 1.93 bits per heavy atom. The minimum Gasteiger partial charge on any atom is -0.284 e. The Hall–Kier alpha value is -3.35. The molecule has 3 aromatic heterocycles. The fraction of sp³-hybridized carbons (Fsp3) is 0.150. The van der Waals surface area contributed by atoms with Crippen molar-refractivity contribution in [3.8, 4) is 11.1 Å². The average Bonchev–Trinajstić information content (AvgIpc) is 2.91. The van der Waals surface area contributed by atoms with E-state index in [1.165, 1.54) is 29.8 Å². The number of hydrogen-bond donors (Lipinski definition) is 0. The van der Waals surface area contributed by atoms with E-state index in [1.54, 1.807) is 29.9 Å². The molecule has 27 heavy (non-hydrogen) atoms. The van der Waals surface area contributed by atoms with Crippen molar-refractivity contribution in [3.05, 3.63) is 82.2 Å². The van der Waals surface area contributed by atoms with Gasteiger partial charge in [0.05, 0.1) is 17.8 Å². The zero-order valence-corrected chi connectivity index (χ0v) is 14.8. The van der Waals surface area contributed by atoms with Gasteiger partial charge in [-0.2, -0.15) is 0 Å². The van der Waals surface area contributed by atoms with Gasteiger partial charge in [0.2, 0.25) is 0 Å². The molecule has 4 aromatic rings. The summed E-state index contributed by atoms with van der Waals surface area (Å²) in [7, 11) is 1.63. The molecule has 0 amide bonds. The lowest BCUT2D eigenvalue weighted by Crippen LogP contribution is -2.23. The third-order valence-electron chi connectivity index (χ3n) is 4.65. The normalized spacial score (nSPS) is 11.3. The van der Waals surface area contributed by atoms with E-state index in [4.69, 9.17) is 0 Å². The van der Waals surface area contributed by atoms with Gasteiger partial charge in [0, 0.05) is 36.1 Å². The van der Waals surface area contributed by atoms with Crippen LogP contribution in [0.2, 0.25) is 0 Å². The van der Waals surface area contributed by atoms with Crippen LogP contribution in [0.5, 0.6) is 0 Å². The largest absolute Gasteiger partial charge is 0.330 e. The lowest BCUT2D eigenvalue weighted by atomic mass is 10.0. The number of halogens is 2. The first-order valence-electron chi connectivity index (χ1n) is 8.37. The van der Waals surface area contributed by atoms with Crippen molar-refractivity contribution in [2.24, 2.45) is 7.05 Å². The molecule has 0 aliphatic rings. The maximum atomic E-state index is 14.5. The van der Waals surface area contributed by atoms with Crippen molar-refractivity contribution >= 4 is 11.2 Å². The monoisotopic (exact) mass is 366 g/mol. The molecule has 0 bridgehead atoms. The number of aromatic nitrogens is 4. The Balaban J connectivity index is 1.91. The second kappa shape index (κ2) is 6.42. The first-order valence-corrected chi connectivity index (χ1v) is 8.37. The van der Waals surface area contributed by atoms with Gasteiger partial charge in [0.15, 0.2) is 5.65 Å². The molecule has 0 aliphatic carbocycles. The van der Waals surface area contributed by atoms with Crippen LogP contribution >= 0.6 is 0 Å². The molecule has 1 aromatic carbocycles. The van der Waals surface area contributed by atoms with Crippen molar-refractivity contribution in [1.29, 1.82) is 0 Å². The highest BCUT2D eigenvalue weighted by atomic mass is 19.1. The SMILES string of the molecule is Cc1c(F)ccc(-c2cnc3c(c2)n(Cc2ccccn2)c(=O)n3C)c1F. The van der Waals surface area contributed by atoms with Crippen LogP contribution < -0.4 is 5.69 Å². The van der Waals surface area contributed by atoms with Gasteiger partial charge in [0.25, 0.3) is 0 Å². The molecule has 0 spiro atoms. The highest BCUT2D eigenvalue weighted by Crippen LogP contribution is 2.28. The van der Waals surface area contributed by atoms with Crippen LogP contribution in [0, 0.1) is 18.6 Å². The van der Waals surface area contributed by atoms with Crippen molar-refractivity contribution in [3.63, 3.8) is 0 Å². The van der Waals surface area contributed by atoms with Gasteiger partial charge in [-0.3, -0.25) is 14.1 Å². The Labute approximate surface area is 153 Å². The Morgan fingerprint density at radius 1 is 1.11 bits per heavy atom. The average molecular weight is 366 g/mol. The maximum Gasteiger partial charge on any atom is 0.330 e. The van der Waals surface area contributed by atoms with Crippen LogP contribution in [-0.4, -0.2) is 19.1 Å². The smallest absolute Gasteiger partial charge is 0.284 e. The summed E-state index contributed by atoms with van der Waals surface area (Å²) < 4.78 is 31.1. The fourth-order valence-corrected chi connectivity index (χ4v) is 3.12. The van der Waals surface area contributed by atoms with Crippen molar-refractivity contribution in [2.75, 3.05) is 0 Å². The summed E-state index contributed by atoms with van der Waals surface area (Å²) >= 11 is 0. The lowest BCUT2D eigenvalue weighted by molar-refractivity contribution is 0.570. The van der Waals surface area contributed by atoms with Crippen LogP contribution in [0.25, 0.3) is 22.3 Å². The predicted molar refractivity (Wildman–Crippen MR) is 98.4 cm³/mol. The molecule has 0 N–H and O–H groups in total. The third kappa shape index (κ3) is 2.81. The molecule has 136 valence electrons. The molecule has 0 saturated heterocycles. The summed E-state index contributed by atoms with van der Waals surface area (Å²) in [6.07, 6.45) is 3.15. The summed E-state index contributed by atoms with van der Waals surface area (Å²) in [5.41, 5.74) is 2.20. The number of fused-ring (bicyclic) bond motifs is 1. The number of nitrogens with zero attached hydrogens (tertiary/aromatic N) is 4. The zero-order valence-electron chi connectivity index (χ0n) is 14.8. The van der Waals surface area contributed by atoms with Crippen LogP contribution in [0.1, 0.15) is 11.3 Å². The van der Waals surface area contributed by atoms with E-state index >= 15 is 0 Å². The first-order chi connectivity index (χ1) is 13.0. The van der Waals surface area contributed by atoms with Gasteiger partial charge in [-0.05, 0) is 37.3 Å². The first kappa shape index (κ1) is 17.1. The molecular formula is C20H16F2N4O. The van der Waals surface area contributed by atoms with Crippen LogP contribution in [0.4, 0.5) is 8.78 Å². The Bertz CT molecular complexity index is 1210. The fourth-order valence-electron chi connectivity index (χ4n) is 3.12. The second-order valence-electron chi connectivity index (χ2n) is 6.35. The summed E-state index contributed by atoms with van der Waals surface area (Å²) in [6.45, 7) is 1.66. The third-order valence-corrected chi connectivity index (χ3v) is 4.65. The van der Waals surface area contributed by atoms with Gasteiger partial charge >= 0.3 is 5.69 Å². The Kier molecular flexibility index (Phi) is 4.07. The van der Waals surface area contributed by atoms with Crippen LogP contribution in [0.15, 0.2) is 53.6 Å². The Morgan fingerprint density at radius 3 is 2.67 bits per heavy atom. The van der Waals surface area contributed by atoms with E-state index in [0.717, 1.165) is 5.69 Å². The lowest BCUT2D eigenvalue weighted by Gasteiger charge is -2.08. The maximum absolute atomic E-state index is 14.5. The molecule has 0 fully saturated rings. The summed E-state index contributed by atoms with van der Waals surface area (Å²) in [5, 5.41) is 0. The molecule has 7 heteroatoms. The molecule has 0 saturated carbocycles. The molecule has 0 radical (unpaired) electrons. The van der Waals surface area contributed by atoms with E-state index in [9.17, 15) is 13.6 Å². The molecule has 0 atom stereocenters.